The lowest BCUT2D eigenvalue weighted by Gasteiger charge is -2.10. The minimum Gasteiger partial charge on any atom is -0.311 e. The second kappa shape index (κ2) is 8.99. The van der Waals surface area contributed by atoms with Crippen molar-refractivity contribution in [2.24, 2.45) is 0 Å². The smallest absolute Gasteiger partial charge is 0.240 e. The molecule has 3 aromatic rings. The summed E-state index contributed by atoms with van der Waals surface area (Å²) in [5.74, 6) is 0.357. The van der Waals surface area contributed by atoms with Crippen molar-refractivity contribution >= 4 is 32.5 Å². The fourth-order valence-electron chi connectivity index (χ4n) is 2.85. The van der Waals surface area contributed by atoms with Crippen molar-refractivity contribution in [3.63, 3.8) is 0 Å². The zero-order chi connectivity index (χ0) is 20.0. The number of aryl methyl sites for hydroxylation is 1. The number of carbonyl (C=O) groups excluding carboxylic acids is 1. The summed E-state index contributed by atoms with van der Waals surface area (Å²) < 4.78 is 29.2. The minimum atomic E-state index is -3.68. The average molecular weight is 401 g/mol. The number of benzene rings is 2. The lowest BCUT2D eigenvalue weighted by Crippen LogP contribution is -2.28. The number of fused-ring (bicyclic) bond motifs is 1. The highest BCUT2D eigenvalue weighted by atomic mass is 32.2. The number of unbranched alkanes of at least 4 members (excludes halogenated alkanes) is 1. The summed E-state index contributed by atoms with van der Waals surface area (Å²) >= 11 is 0. The summed E-state index contributed by atoms with van der Waals surface area (Å²) in [6, 6.07) is 14.3. The van der Waals surface area contributed by atoms with Gasteiger partial charge in [-0.15, -0.1) is 0 Å². The molecule has 0 saturated carbocycles. The van der Waals surface area contributed by atoms with E-state index in [1.165, 1.54) is 0 Å². The number of rotatable bonds is 9. The molecule has 1 amide bonds. The molecule has 0 aliphatic carbocycles. The number of nitrogens with one attached hydrogen (secondary N) is 2. The summed E-state index contributed by atoms with van der Waals surface area (Å²) in [7, 11) is -3.68. The first-order chi connectivity index (χ1) is 13.5. The van der Waals surface area contributed by atoms with Crippen molar-refractivity contribution in [1.29, 1.82) is 0 Å². The van der Waals surface area contributed by atoms with E-state index in [9.17, 15) is 13.2 Å². The van der Waals surface area contributed by atoms with E-state index in [4.69, 9.17) is 0 Å². The number of sulfonamides is 1. The average Bonchev–Trinajstić information content (AvgIpc) is 3.12. The van der Waals surface area contributed by atoms with E-state index in [1.807, 2.05) is 24.3 Å². The molecule has 0 unspecified atom stereocenters. The predicted molar refractivity (Wildman–Crippen MR) is 110 cm³/mol. The molecule has 28 heavy (non-hydrogen) atoms. The van der Waals surface area contributed by atoms with Gasteiger partial charge in [0.05, 0.1) is 11.1 Å². The van der Waals surface area contributed by atoms with Gasteiger partial charge in [-0.2, -0.15) is 5.10 Å². The predicted octanol–water partition coefficient (Wildman–Crippen LogP) is 3.14. The van der Waals surface area contributed by atoms with Gasteiger partial charge in [-0.3, -0.25) is 4.79 Å². The van der Waals surface area contributed by atoms with Crippen molar-refractivity contribution < 1.29 is 13.2 Å². The molecular weight excluding hydrogens is 376 g/mol. The van der Waals surface area contributed by atoms with E-state index in [-0.39, 0.29) is 23.8 Å². The first kappa shape index (κ1) is 20.0. The van der Waals surface area contributed by atoms with Gasteiger partial charge in [0.1, 0.15) is 5.82 Å². The van der Waals surface area contributed by atoms with Crippen LogP contribution in [0.1, 0.15) is 26.2 Å². The molecule has 2 aromatic carbocycles. The zero-order valence-corrected chi connectivity index (χ0v) is 16.6. The van der Waals surface area contributed by atoms with Gasteiger partial charge in [0.2, 0.25) is 15.9 Å². The molecule has 0 aliphatic heterocycles. The van der Waals surface area contributed by atoms with Crippen LogP contribution >= 0.6 is 0 Å². The van der Waals surface area contributed by atoms with Crippen molar-refractivity contribution in [2.45, 2.75) is 37.6 Å². The van der Waals surface area contributed by atoms with Gasteiger partial charge in [-0.25, -0.2) is 17.8 Å². The van der Waals surface area contributed by atoms with E-state index in [2.05, 4.69) is 22.1 Å². The minimum absolute atomic E-state index is 0.0179. The van der Waals surface area contributed by atoms with E-state index in [0.717, 1.165) is 30.2 Å². The number of amides is 1. The van der Waals surface area contributed by atoms with Crippen LogP contribution in [0, 0.1) is 0 Å². The Bertz CT molecular complexity index is 1060. The number of nitrogens with zero attached hydrogens (tertiary/aromatic N) is 2. The Morgan fingerprint density at radius 2 is 1.89 bits per heavy atom. The molecule has 0 atom stereocenters. The summed E-state index contributed by atoms with van der Waals surface area (Å²) in [6.45, 7) is 2.83. The number of aromatic nitrogens is 2. The third kappa shape index (κ3) is 4.96. The molecule has 0 saturated heterocycles. The van der Waals surface area contributed by atoms with Gasteiger partial charge in [-0.05, 0) is 29.3 Å². The molecule has 0 aliphatic rings. The maximum absolute atomic E-state index is 12.5. The van der Waals surface area contributed by atoms with Crippen LogP contribution in [0.4, 0.5) is 5.82 Å². The van der Waals surface area contributed by atoms with Crippen LogP contribution in [0.3, 0.4) is 0 Å². The molecule has 8 heteroatoms. The quantitative estimate of drug-likeness (QED) is 0.577. The van der Waals surface area contributed by atoms with Crippen LogP contribution < -0.4 is 10.0 Å². The summed E-state index contributed by atoms with van der Waals surface area (Å²) in [6.07, 6.45) is 3.67. The molecule has 3 rings (SSSR count). The largest absolute Gasteiger partial charge is 0.311 e. The zero-order valence-electron chi connectivity index (χ0n) is 15.8. The highest BCUT2D eigenvalue weighted by molar-refractivity contribution is 7.89. The number of carbonyl (C=O) groups is 1. The molecule has 0 fully saturated rings. The fraction of sp³-hybridized carbons (Fsp3) is 0.300. The topological polar surface area (TPSA) is 93.1 Å². The Balaban J connectivity index is 1.56. The van der Waals surface area contributed by atoms with Crippen molar-refractivity contribution in [3.8, 4) is 0 Å². The lowest BCUT2D eigenvalue weighted by molar-refractivity contribution is -0.116. The molecular formula is C20H24N4O3S. The Morgan fingerprint density at radius 3 is 2.68 bits per heavy atom. The molecule has 0 spiro atoms. The van der Waals surface area contributed by atoms with E-state index in [0.29, 0.717) is 5.82 Å². The Morgan fingerprint density at radius 1 is 1.11 bits per heavy atom. The molecule has 148 valence electrons. The molecule has 2 N–H and O–H groups in total. The van der Waals surface area contributed by atoms with Gasteiger partial charge in [-0.1, -0.05) is 43.7 Å². The van der Waals surface area contributed by atoms with Crippen LogP contribution in [0.25, 0.3) is 10.8 Å². The first-order valence-corrected chi connectivity index (χ1v) is 10.8. The van der Waals surface area contributed by atoms with Crippen molar-refractivity contribution in [1.82, 2.24) is 14.5 Å². The van der Waals surface area contributed by atoms with Crippen molar-refractivity contribution in [2.75, 3.05) is 11.9 Å². The lowest BCUT2D eigenvalue weighted by atomic mass is 10.1. The second-order valence-electron chi connectivity index (χ2n) is 6.50. The fourth-order valence-corrected chi connectivity index (χ4v) is 3.91. The van der Waals surface area contributed by atoms with E-state index >= 15 is 0 Å². The summed E-state index contributed by atoms with van der Waals surface area (Å²) in [4.78, 5) is 12.3. The van der Waals surface area contributed by atoms with E-state index in [1.54, 1.807) is 35.1 Å². The van der Waals surface area contributed by atoms with Gasteiger partial charge in [0.15, 0.2) is 0 Å². The van der Waals surface area contributed by atoms with Gasteiger partial charge < -0.3 is 5.32 Å². The number of hydrogen-bond donors (Lipinski definition) is 2. The Kier molecular flexibility index (Phi) is 6.43. The maximum atomic E-state index is 12.5. The summed E-state index contributed by atoms with van der Waals surface area (Å²) in [5, 5.41) is 8.78. The van der Waals surface area contributed by atoms with Gasteiger partial charge >= 0.3 is 0 Å². The van der Waals surface area contributed by atoms with Crippen LogP contribution in [0.15, 0.2) is 59.6 Å². The number of anilines is 1. The first-order valence-electron chi connectivity index (χ1n) is 9.30. The Labute approximate surface area is 164 Å². The van der Waals surface area contributed by atoms with Crippen LogP contribution in [-0.4, -0.2) is 30.7 Å². The molecule has 0 radical (unpaired) electrons. The van der Waals surface area contributed by atoms with Crippen molar-refractivity contribution in [3.05, 3.63) is 54.7 Å². The Hall–Kier alpha value is -2.71. The standard InChI is InChI=1S/C20H24N4O3S/c1-2-3-14-24-19(10-12-21-24)23-20(25)11-13-22-28(26,27)18-9-8-16-6-4-5-7-17(16)15-18/h4-10,12,15,22H,2-3,11,13-14H2,1H3,(H,23,25). The summed E-state index contributed by atoms with van der Waals surface area (Å²) in [5.41, 5.74) is 0. The third-order valence-corrected chi connectivity index (χ3v) is 5.84. The van der Waals surface area contributed by atoms with Crippen LogP contribution in [0.2, 0.25) is 0 Å². The highest BCUT2D eigenvalue weighted by Crippen LogP contribution is 2.18. The monoisotopic (exact) mass is 400 g/mol. The van der Waals surface area contributed by atoms with Gasteiger partial charge in [0.25, 0.3) is 0 Å². The highest BCUT2D eigenvalue weighted by Gasteiger charge is 2.15. The molecule has 0 bridgehead atoms. The van der Waals surface area contributed by atoms with Crippen LogP contribution in [0.5, 0.6) is 0 Å². The number of hydrogen-bond acceptors (Lipinski definition) is 4. The van der Waals surface area contributed by atoms with E-state index < -0.39 is 10.0 Å². The molecule has 7 nitrogen and oxygen atoms in total. The third-order valence-electron chi connectivity index (χ3n) is 4.38. The SMILES string of the molecule is CCCCn1nccc1NC(=O)CCNS(=O)(=O)c1ccc2ccccc2c1. The van der Waals surface area contributed by atoms with Crippen LogP contribution in [-0.2, 0) is 21.4 Å². The molecule has 1 aromatic heterocycles. The maximum Gasteiger partial charge on any atom is 0.240 e. The normalized spacial score (nSPS) is 11.6. The second-order valence-corrected chi connectivity index (χ2v) is 8.27. The van der Waals surface area contributed by atoms with Gasteiger partial charge in [0, 0.05) is 25.6 Å². The molecule has 1 heterocycles.